The van der Waals surface area contributed by atoms with Gasteiger partial charge in [-0.15, -0.1) is 0 Å². The van der Waals surface area contributed by atoms with Crippen LogP contribution in [0.4, 0.5) is 10.6 Å². The number of urea groups is 1. The summed E-state index contributed by atoms with van der Waals surface area (Å²) in [7, 11) is 1.46. The molecule has 4 amide bonds. The van der Waals surface area contributed by atoms with Gasteiger partial charge >= 0.3 is 6.03 Å². The van der Waals surface area contributed by atoms with Crippen molar-refractivity contribution in [3.05, 3.63) is 58.8 Å². The van der Waals surface area contributed by atoms with Gasteiger partial charge in [0.05, 0.1) is 6.61 Å². The highest BCUT2D eigenvalue weighted by atomic mass is 16.5. The van der Waals surface area contributed by atoms with Gasteiger partial charge in [0.15, 0.2) is 5.54 Å². The van der Waals surface area contributed by atoms with Crippen molar-refractivity contribution >= 4 is 23.7 Å². The highest BCUT2D eigenvalue weighted by molar-refractivity contribution is 6.07. The highest BCUT2D eigenvalue weighted by Crippen LogP contribution is 2.26. The van der Waals surface area contributed by atoms with Crippen LogP contribution in [0.2, 0.25) is 0 Å². The maximum absolute atomic E-state index is 13.0. The number of amides is 4. The molecular formula is C23H27N5O4. The van der Waals surface area contributed by atoms with Crippen LogP contribution in [-0.4, -0.2) is 67.6 Å². The maximum atomic E-state index is 13.0. The lowest BCUT2D eigenvalue weighted by Crippen LogP contribution is -2.49. The van der Waals surface area contributed by atoms with Crippen LogP contribution in [-0.2, 0) is 15.1 Å². The number of aromatic nitrogens is 1. The fourth-order valence-corrected chi connectivity index (χ4v) is 4.34. The average molecular weight is 438 g/mol. The molecule has 1 aromatic heterocycles. The molecule has 0 saturated carbocycles. The van der Waals surface area contributed by atoms with E-state index in [0.717, 1.165) is 16.9 Å². The predicted molar refractivity (Wildman–Crippen MR) is 118 cm³/mol. The number of methoxy groups -OCH3 is 1. The molecule has 2 aliphatic rings. The topological polar surface area (TPSA) is 104 Å². The number of hydrogen-bond acceptors (Lipinski definition) is 6. The molecule has 32 heavy (non-hydrogen) atoms. The Hall–Kier alpha value is -3.46. The quantitative estimate of drug-likeness (QED) is 0.685. The molecule has 1 unspecified atom stereocenters. The Balaban J connectivity index is 1.44. The number of ether oxygens (including phenoxy) is 1. The lowest BCUT2D eigenvalue weighted by atomic mass is 9.90. The van der Waals surface area contributed by atoms with E-state index >= 15 is 0 Å². The van der Waals surface area contributed by atoms with Crippen molar-refractivity contribution in [3.8, 4) is 0 Å². The number of imide groups is 1. The van der Waals surface area contributed by atoms with Crippen molar-refractivity contribution < 1.29 is 19.1 Å². The summed E-state index contributed by atoms with van der Waals surface area (Å²) >= 11 is 0. The Morgan fingerprint density at radius 1 is 1.12 bits per heavy atom. The van der Waals surface area contributed by atoms with Gasteiger partial charge in [0.25, 0.3) is 11.8 Å². The minimum Gasteiger partial charge on any atom is -0.381 e. The van der Waals surface area contributed by atoms with Gasteiger partial charge < -0.3 is 19.9 Å². The van der Waals surface area contributed by atoms with Crippen molar-refractivity contribution in [2.24, 2.45) is 0 Å². The summed E-state index contributed by atoms with van der Waals surface area (Å²) in [5, 5.41) is 4.89. The minimum absolute atomic E-state index is 0.00765. The summed E-state index contributed by atoms with van der Waals surface area (Å²) in [5.74, 6) is 0.428. The van der Waals surface area contributed by atoms with Crippen LogP contribution >= 0.6 is 0 Å². The number of pyridine rings is 1. The van der Waals surface area contributed by atoms with Crippen molar-refractivity contribution in [2.45, 2.75) is 19.4 Å². The summed E-state index contributed by atoms with van der Waals surface area (Å²) in [6.07, 6.45) is 1.87. The Bertz CT molecular complexity index is 1050. The third kappa shape index (κ3) is 3.91. The van der Waals surface area contributed by atoms with E-state index in [4.69, 9.17) is 4.74 Å². The zero-order valence-corrected chi connectivity index (χ0v) is 18.5. The van der Waals surface area contributed by atoms with Gasteiger partial charge in [-0.1, -0.05) is 18.2 Å². The number of carbonyl (C=O) groups is 3. The van der Waals surface area contributed by atoms with E-state index in [-0.39, 0.29) is 12.5 Å². The van der Waals surface area contributed by atoms with Gasteiger partial charge in [-0.3, -0.25) is 14.9 Å². The van der Waals surface area contributed by atoms with E-state index in [1.807, 2.05) is 18.0 Å². The average Bonchev–Trinajstić information content (AvgIpc) is 3.07. The largest absolute Gasteiger partial charge is 0.381 e. The van der Waals surface area contributed by atoms with Crippen LogP contribution in [0.3, 0.4) is 0 Å². The van der Waals surface area contributed by atoms with E-state index < -0.39 is 17.5 Å². The second-order valence-electron chi connectivity index (χ2n) is 8.26. The number of carbonyl (C=O) groups excluding carboxylic acids is 3. The molecule has 4 rings (SSSR count). The van der Waals surface area contributed by atoms with Crippen LogP contribution in [0.15, 0.2) is 36.5 Å². The number of benzene rings is 1. The second kappa shape index (κ2) is 8.58. The summed E-state index contributed by atoms with van der Waals surface area (Å²) < 4.78 is 5.18. The Kier molecular flexibility index (Phi) is 5.84. The van der Waals surface area contributed by atoms with Gasteiger partial charge in [0, 0.05) is 45.0 Å². The lowest BCUT2D eigenvalue weighted by Gasteiger charge is -2.36. The zero-order valence-electron chi connectivity index (χ0n) is 18.5. The number of nitrogens with one attached hydrogen (secondary N) is 2. The number of piperazine rings is 1. The fourth-order valence-electron chi connectivity index (χ4n) is 4.34. The first kappa shape index (κ1) is 21.8. The normalized spacial score (nSPS) is 20.8. The molecule has 2 saturated heterocycles. The number of anilines is 1. The molecular weight excluding hydrogens is 410 g/mol. The Labute approximate surface area is 186 Å². The molecule has 2 aliphatic heterocycles. The smallest absolute Gasteiger partial charge is 0.322 e. The maximum Gasteiger partial charge on any atom is 0.322 e. The predicted octanol–water partition coefficient (Wildman–Crippen LogP) is 1.34. The van der Waals surface area contributed by atoms with Gasteiger partial charge in [-0.2, -0.15) is 0 Å². The van der Waals surface area contributed by atoms with E-state index in [2.05, 4.69) is 33.5 Å². The van der Waals surface area contributed by atoms with Crippen LogP contribution in [0, 0.1) is 13.8 Å². The van der Waals surface area contributed by atoms with Gasteiger partial charge in [-0.05, 0) is 42.7 Å². The van der Waals surface area contributed by atoms with Crippen molar-refractivity contribution in [1.29, 1.82) is 0 Å². The van der Waals surface area contributed by atoms with Crippen molar-refractivity contribution in [3.63, 3.8) is 0 Å². The zero-order chi connectivity index (χ0) is 22.9. The van der Waals surface area contributed by atoms with Crippen LogP contribution in [0.1, 0.15) is 27.0 Å². The number of nitrogens with zero attached hydrogens (tertiary/aromatic N) is 3. The van der Waals surface area contributed by atoms with Gasteiger partial charge in [0.1, 0.15) is 5.82 Å². The minimum atomic E-state index is -1.29. The van der Waals surface area contributed by atoms with Crippen molar-refractivity contribution in [2.75, 3.05) is 44.8 Å². The molecule has 0 spiro atoms. The Morgan fingerprint density at radius 2 is 1.81 bits per heavy atom. The molecule has 3 heterocycles. The molecule has 2 fully saturated rings. The molecule has 1 atom stereocenters. The molecule has 9 nitrogen and oxygen atoms in total. The molecule has 9 heteroatoms. The van der Waals surface area contributed by atoms with Crippen molar-refractivity contribution in [1.82, 2.24) is 20.5 Å². The monoisotopic (exact) mass is 437 g/mol. The number of hydrogen-bond donors (Lipinski definition) is 2. The molecule has 2 N–H and O–H groups in total. The fraction of sp³-hybridized carbons (Fsp3) is 0.391. The first-order valence-electron chi connectivity index (χ1n) is 10.5. The van der Waals surface area contributed by atoms with E-state index in [1.54, 1.807) is 24.3 Å². The van der Waals surface area contributed by atoms with E-state index in [9.17, 15) is 14.4 Å². The second-order valence-corrected chi connectivity index (χ2v) is 8.26. The van der Waals surface area contributed by atoms with E-state index in [0.29, 0.717) is 37.3 Å². The van der Waals surface area contributed by atoms with Gasteiger partial charge in [0.2, 0.25) is 0 Å². The Morgan fingerprint density at radius 3 is 2.38 bits per heavy atom. The molecule has 0 radical (unpaired) electrons. The molecule has 1 aromatic carbocycles. The third-order valence-corrected chi connectivity index (χ3v) is 5.98. The number of rotatable bonds is 5. The standard InChI is InChI=1S/C23H27N5O4/c1-15-12-16(2)19(24-13-15)27-8-10-28(11-9-27)20(29)17-4-6-18(7-5-17)23(14-32-3)21(30)25-22(31)26-23/h4-7,12-13H,8-11,14H2,1-3H3,(H2,25,26,30,31). The lowest BCUT2D eigenvalue weighted by molar-refractivity contribution is -0.126. The SMILES string of the molecule is COCC1(c2ccc(C(=O)N3CCN(c4ncc(C)cc4C)CC3)cc2)NC(=O)NC1=O. The highest BCUT2D eigenvalue weighted by Gasteiger charge is 2.48. The summed E-state index contributed by atoms with van der Waals surface area (Å²) in [4.78, 5) is 45.7. The molecule has 168 valence electrons. The van der Waals surface area contributed by atoms with Gasteiger partial charge in [-0.25, -0.2) is 9.78 Å². The molecule has 0 aliphatic carbocycles. The van der Waals surface area contributed by atoms with E-state index in [1.165, 1.54) is 7.11 Å². The molecule has 0 bridgehead atoms. The summed E-state index contributed by atoms with van der Waals surface area (Å²) in [5.41, 5.74) is 2.06. The number of aryl methyl sites for hydroxylation is 2. The summed E-state index contributed by atoms with van der Waals surface area (Å²) in [6, 6.07) is 8.30. The van der Waals surface area contributed by atoms with Crippen LogP contribution in [0.5, 0.6) is 0 Å². The molecule has 2 aromatic rings. The first-order valence-corrected chi connectivity index (χ1v) is 10.5. The van der Waals surface area contributed by atoms with Crippen LogP contribution in [0.25, 0.3) is 0 Å². The summed E-state index contributed by atoms with van der Waals surface area (Å²) in [6.45, 7) is 6.69. The first-order chi connectivity index (χ1) is 15.3. The third-order valence-electron chi connectivity index (χ3n) is 5.98. The van der Waals surface area contributed by atoms with Crippen LogP contribution < -0.4 is 15.5 Å².